The SMILES string of the molecule is CCOc1ccc(N2C[C@@H](NC(=O)N(CCOC)CCOC)CC2=O)cc1. The summed E-state index contributed by atoms with van der Waals surface area (Å²) >= 11 is 0. The summed E-state index contributed by atoms with van der Waals surface area (Å²) in [5.74, 6) is 0.759. The van der Waals surface area contributed by atoms with Gasteiger partial charge in [-0.3, -0.25) is 4.79 Å². The second-order valence-electron chi connectivity index (χ2n) is 6.25. The molecule has 1 N–H and O–H groups in total. The van der Waals surface area contributed by atoms with Crippen molar-refractivity contribution in [2.45, 2.75) is 19.4 Å². The van der Waals surface area contributed by atoms with Crippen LogP contribution in [0.3, 0.4) is 0 Å². The molecule has 150 valence electrons. The molecular weight excluding hydrogens is 350 g/mol. The van der Waals surface area contributed by atoms with Crippen molar-refractivity contribution in [2.75, 3.05) is 58.6 Å². The van der Waals surface area contributed by atoms with E-state index >= 15 is 0 Å². The first-order chi connectivity index (χ1) is 13.1. The Morgan fingerprint density at radius 3 is 2.37 bits per heavy atom. The molecule has 1 saturated heterocycles. The van der Waals surface area contributed by atoms with Crippen molar-refractivity contribution in [1.29, 1.82) is 0 Å². The molecule has 0 aromatic heterocycles. The van der Waals surface area contributed by atoms with Gasteiger partial charge in [0.25, 0.3) is 0 Å². The minimum Gasteiger partial charge on any atom is -0.494 e. The molecule has 1 aromatic rings. The summed E-state index contributed by atoms with van der Waals surface area (Å²) < 4.78 is 15.5. The van der Waals surface area contributed by atoms with E-state index in [0.29, 0.717) is 39.5 Å². The van der Waals surface area contributed by atoms with Crippen LogP contribution in [0.25, 0.3) is 0 Å². The minimum atomic E-state index is -0.232. The summed E-state index contributed by atoms with van der Waals surface area (Å²) in [4.78, 5) is 28.2. The van der Waals surface area contributed by atoms with Crippen molar-refractivity contribution in [1.82, 2.24) is 10.2 Å². The van der Waals surface area contributed by atoms with Crippen molar-refractivity contribution < 1.29 is 23.8 Å². The molecule has 0 bridgehead atoms. The van der Waals surface area contributed by atoms with Gasteiger partial charge < -0.3 is 29.3 Å². The van der Waals surface area contributed by atoms with Crippen molar-refractivity contribution in [2.24, 2.45) is 0 Å². The van der Waals surface area contributed by atoms with Crippen LogP contribution in [0.2, 0.25) is 0 Å². The number of ether oxygens (including phenoxy) is 3. The third-order valence-electron chi connectivity index (χ3n) is 4.33. The van der Waals surface area contributed by atoms with Crippen molar-refractivity contribution >= 4 is 17.6 Å². The van der Waals surface area contributed by atoms with Crippen LogP contribution in [0.4, 0.5) is 10.5 Å². The molecule has 0 aliphatic carbocycles. The molecule has 1 heterocycles. The van der Waals surface area contributed by atoms with Gasteiger partial charge in [-0.05, 0) is 31.2 Å². The molecule has 27 heavy (non-hydrogen) atoms. The Morgan fingerprint density at radius 1 is 1.19 bits per heavy atom. The first-order valence-corrected chi connectivity index (χ1v) is 9.15. The maximum atomic E-state index is 12.5. The molecule has 0 spiro atoms. The molecular formula is C19H29N3O5. The monoisotopic (exact) mass is 379 g/mol. The number of methoxy groups -OCH3 is 2. The first-order valence-electron chi connectivity index (χ1n) is 9.15. The summed E-state index contributed by atoms with van der Waals surface area (Å²) in [6.07, 6.45) is 0.279. The van der Waals surface area contributed by atoms with E-state index in [-0.39, 0.29) is 24.4 Å². The fraction of sp³-hybridized carbons (Fsp3) is 0.579. The zero-order valence-electron chi connectivity index (χ0n) is 16.3. The summed E-state index contributed by atoms with van der Waals surface area (Å²) in [6, 6.07) is 6.96. The van der Waals surface area contributed by atoms with Gasteiger partial charge in [0.05, 0.1) is 25.9 Å². The predicted molar refractivity (Wildman–Crippen MR) is 102 cm³/mol. The maximum absolute atomic E-state index is 12.5. The van der Waals surface area contributed by atoms with E-state index in [9.17, 15) is 9.59 Å². The van der Waals surface area contributed by atoms with Gasteiger partial charge in [-0.2, -0.15) is 0 Å². The number of carbonyl (C=O) groups excluding carboxylic acids is 2. The number of hydrogen-bond donors (Lipinski definition) is 1. The Kier molecular flexibility index (Phi) is 8.35. The minimum absolute atomic E-state index is 0.00945. The quantitative estimate of drug-likeness (QED) is 0.666. The zero-order valence-corrected chi connectivity index (χ0v) is 16.3. The first kappa shape index (κ1) is 21.0. The van der Waals surface area contributed by atoms with Crippen molar-refractivity contribution in [3.63, 3.8) is 0 Å². The lowest BCUT2D eigenvalue weighted by atomic mass is 10.2. The van der Waals surface area contributed by atoms with Gasteiger partial charge in [0.1, 0.15) is 5.75 Å². The summed E-state index contributed by atoms with van der Waals surface area (Å²) in [6.45, 7) is 4.79. The van der Waals surface area contributed by atoms with Crippen LogP contribution in [0.1, 0.15) is 13.3 Å². The fourth-order valence-corrected chi connectivity index (χ4v) is 2.93. The van der Waals surface area contributed by atoms with Crippen LogP contribution in [0, 0.1) is 0 Å². The molecule has 8 heteroatoms. The number of rotatable bonds is 10. The average molecular weight is 379 g/mol. The van der Waals surface area contributed by atoms with E-state index in [1.54, 1.807) is 24.0 Å². The van der Waals surface area contributed by atoms with Gasteiger partial charge in [0, 0.05) is 46.0 Å². The van der Waals surface area contributed by atoms with E-state index in [1.165, 1.54) is 0 Å². The number of urea groups is 1. The topological polar surface area (TPSA) is 80.3 Å². The zero-order chi connectivity index (χ0) is 19.6. The van der Waals surface area contributed by atoms with Crippen LogP contribution in [0.15, 0.2) is 24.3 Å². The number of nitrogens with one attached hydrogen (secondary N) is 1. The van der Waals surface area contributed by atoms with Crippen LogP contribution in [-0.4, -0.2) is 76.6 Å². The molecule has 2 rings (SSSR count). The molecule has 8 nitrogen and oxygen atoms in total. The highest BCUT2D eigenvalue weighted by Crippen LogP contribution is 2.24. The molecule has 0 saturated carbocycles. The Labute approximate surface area is 160 Å². The van der Waals surface area contributed by atoms with E-state index in [0.717, 1.165) is 11.4 Å². The van der Waals surface area contributed by atoms with Crippen molar-refractivity contribution in [3.8, 4) is 5.75 Å². The van der Waals surface area contributed by atoms with E-state index in [2.05, 4.69) is 5.32 Å². The van der Waals surface area contributed by atoms with Crippen LogP contribution < -0.4 is 15.0 Å². The standard InChI is InChI=1S/C19H29N3O5/c1-4-27-17-7-5-16(6-8-17)22-14-15(13-18(22)23)20-19(24)21(9-11-25-2)10-12-26-3/h5-8,15H,4,9-14H2,1-3H3,(H,20,24)/t15-/m0/s1. The molecule has 1 fully saturated rings. The molecule has 0 unspecified atom stereocenters. The number of nitrogens with zero attached hydrogens (tertiary/aromatic N) is 2. The molecule has 3 amide bonds. The number of benzene rings is 1. The van der Waals surface area contributed by atoms with E-state index in [4.69, 9.17) is 14.2 Å². The van der Waals surface area contributed by atoms with E-state index in [1.807, 2.05) is 31.2 Å². The summed E-state index contributed by atoms with van der Waals surface area (Å²) in [7, 11) is 3.19. The normalized spacial score (nSPS) is 16.5. The maximum Gasteiger partial charge on any atom is 0.317 e. The van der Waals surface area contributed by atoms with Crippen LogP contribution in [-0.2, 0) is 14.3 Å². The van der Waals surface area contributed by atoms with Gasteiger partial charge >= 0.3 is 6.03 Å². The lowest BCUT2D eigenvalue weighted by molar-refractivity contribution is -0.117. The molecule has 1 aromatic carbocycles. The van der Waals surface area contributed by atoms with Gasteiger partial charge in [-0.15, -0.1) is 0 Å². The Hall–Kier alpha value is -2.32. The number of anilines is 1. The van der Waals surface area contributed by atoms with Gasteiger partial charge in [0.15, 0.2) is 0 Å². The largest absolute Gasteiger partial charge is 0.494 e. The molecule has 1 aliphatic rings. The third-order valence-corrected chi connectivity index (χ3v) is 4.33. The third kappa shape index (κ3) is 6.11. The second-order valence-corrected chi connectivity index (χ2v) is 6.25. The Bertz CT molecular complexity index is 600. The second kappa shape index (κ2) is 10.7. The smallest absolute Gasteiger partial charge is 0.317 e. The van der Waals surface area contributed by atoms with E-state index < -0.39 is 0 Å². The van der Waals surface area contributed by atoms with Gasteiger partial charge in [-0.25, -0.2) is 4.79 Å². The predicted octanol–water partition coefficient (Wildman–Crippen LogP) is 1.49. The lowest BCUT2D eigenvalue weighted by Crippen LogP contribution is -2.47. The average Bonchev–Trinajstić information content (AvgIpc) is 3.02. The van der Waals surface area contributed by atoms with Crippen LogP contribution in [0.5, 0.6) is 5.75 Å². The fourth-order valence-electron chi connectivity index (χ4n) is 2.93. The molecule has 1 aliphatic heterocycles. The summed E-state index contributed by atoms with van der Waals surface area (Å²) in [5.41, 5.74) is 0.802. The summed E-state index contributed by atoms with van der Waals surface area (Å²) in [5, 5.41) is 2.95. The Morgan fingerprint density at radius 2 is 1.81 bits per heavy atom. The number of carbonyl (C=O) groups is 2. The highest BCUT2D eigenvalue weighted by atomic mass is 16.5. The molecule has 1 atom stereocenters. The highest BCUT2D eigenvalue weighted by Gasteiger charge is 2.32. The lowest BCUT2D eigenvalue weighted by Gasteiger charge is -2.24. The molecule has 0 radical (unpaired) electrons. The number of hydrogen-bond acceptors (Lipinski definition) is 5. The van der Waals surface area contributed by atoms with Gasteiger partial charge in [0.2, 0.25) is 5.91 Å². The highest BCUT2D eigenvalue weighted by molar-refractivity contribution is 5.96. The van der Waals surface area contributed by atoms with Gasteiger partial charge in [-0.1, -0.05) is 0 Å². The van der Waals surface area contributed by atoms with Crippen molar-refractivity contribution in [3.05, 3.63) is 24.3 Å². The number of amides is 3. The van der Waals surface area contributed by atoms with Crippen LogP contribution >= 0.6 is 0 Å². The Balaban J connectivity index is 1.94.